The van der Waals surface area contributed by atoms with Gasteiger partial charge in [0.2, 0.25) is 12.6 Å². The Hall–Kier alpha value is -2.08. The van der Waals surface area contributed by atoms with E-state index in [2.05, 4.69) is 0 Å². The maximum atomic E-state index is 12.8. The summed E-state index contributed by atoms with van der Waals surface area (Å²) in [7, 11) is 0. The number of rotatable bonds is 4. The summed E-state index contributed by atoms with van der Waals surface area (Å²) >= 11 is 0. The van der Waals surface area contributed by atoms with Crippen LogP contribution in [0.15, 0.2) is 18.2 Å². The Morgan fingerprint density at radius 1 is 1.21 bits per heavy atom. The summed E-state index contributed by atoms with van der Waals surface area (Å²) in [5.41, 5.74) is 0.656. The van der Waals surface area contributed by atoms with Crippen LogP contribution in [0.1, 0.15) is 30.1 Å². The highest BCUT2D eigenvalue weighted by atomic mass is 16.7. The fourth-order valence-corrected chi connectivity index (χ4v) is 4.26. The molecule has 128 valence electrons. The highest BCUT2D eigenvalue weighted by Gasteiger charge is 2.48. The summed E-state index contributed by atoms with van der Waals surface area (Å²) in [5.74, 6) is 1.65. The van der Waals surface area contributed by atoms with Crippen molar-refractivity contribution >= 4 is 11.8 Å². The van der Waals surface area contributed by atoms with E-state index in [9.17, 15) is 9.59 Å². The molecule has 0 spiro atoms. The molecule has 1 aromatic carbocycles. The molecule has 5 rings (SSSR count). The molecule has 2 bridgehead atoms. The van der Waals surface area contributed by atoms with Crippen molar-refractivity contribution in [1.29, 1.82) is 0 Å². The molecule has 1 aromatic rings. The Bertz CT molecular complexity index is 678. The normalized spacial score (nSPS) is 30.2. The van der Waals surface area contributed by atoms with Gasteiger partial charge in [0, 0.05) is 31.2 Å². The monoisotopic (exact) mass is 332 g/mol. The van der Waals surface area contributed by atoms with Gasteiger partial charge in [0.1, 0.15) is 13.1 Å². The van der Waals surface area contributed by atoms with Gasteiger partial charge in [-0.3, -0.25) is 9.59 Å². The van der Waals surface area contributed by atoms with E-state index in [4.69, 9.17) is 14.2 Å². The lowest BCUT2D eigenvalue weighted by Crippen LogP contribution is -2.65. The zero-order chi connectivity index (χ0) is 16.7. The predicted octanol–water partition coefficient (Wildman–Crippen LogP) is 1.77. The van der Waals surface area contributed by atoms with Crippen molar-refractivity contribution in [3.63, 3.8) is 0 Å². The summed E-state index contributed by atoms with van der Waals surface area (Å²) < 4.78 is 16.9. The Morgan fingerprint density at radius 3 is 2.71 bits per heavy atom. The molecule has 0 aromatic heterocycles. The van der Waals surface area contributed by atoms with Crippen molar-refractivity contribution in [3.8, 4) is 11.5 Å². The minimum absolute atomic E-state index is 0.0467. The maximum absolute atomic E-state index is 12.8. The molecule has 0 amide bonds. The van der Waals surface area contributed by atoms with Crippen LogP contribution in [0.5, 0.6) is 11.5 Å². The molecule has 0 unspecified atom stereocenters. The average Bonchev–Trinajstić information content (AvgIpc) is 3.02. The molecule has 4 heterocycles. The second-order valence-corrected chi connectivity index (χ2v) is 7.11. The number of fused-ring (bicyclic) bond motifs is 4. The molecule has 0 aliphatic carbocycles. The van der Waals surface area contributed by atoms with Crippen LogP contribution in [-0.2, 0) is 9.53 Å². The van der Waals surface area contributed by atoms with Crippen molar-refractivity contribution in [3.05, 3.63) is 23.8 Å². The summed E-state index contributed by atoms with van der Waals surface area (Å²) in [6.07, 6.45) is 1.99. The number of quaternary nitrogens is 1. The van der Waals surface area contributed by atoms with Gasteiger partial charge in [-0.25, -0.2) is 0 Å². The largest absolute Gasteiger partial charge is 0.456 e. The molecule has 1 atom stereocenters. The Morgan fingerprint density at radius 2 is 1.96 bits per heavy atom. The minimum Gasteiger partial charge on any atom is -0.456 e. The fourth-order valence-electron chi connectivity index (χ4n) is 4.26. The van der Waals surface area contributed by atoms with E-state index in [0.717, 1.165) is 37.0 Å². The smallest absolute Gasteiger partial charge is 0.303 e. The van der Waals surface area contributed by atoms with Gasteiger partial charge in [0.05, 0.1) is 13.1 Å². The first kappa shape index (κ1) is 15.4. The van der Waals surface area contributed by atoms with E-state index >= 15 is 0 Å². The van der Waals surface area contributed by atoms with Crippen molar-refractivity contribution in [2.24, 2.45) is 5.92 Å². The quantitative estimate of drug-likeness (QED) is 0.478. The third-order valence-corrected chi connectivity index (χ3v) is 5.53. The number of ether oxygens (including phenoxy) is 3. The van der Waals surface area contributed by atoms with E-state index in [0.29, 0.717) is 29.5 Å². The Kier molecular flexibility index (Phi) is 3.72. The molecule has 0 saturated carbocycles. The van der Waals surface area contributed by atoms with E-state index in [1.807, 2.05) is 0 Å². The summed E-state index contributed by atoms with van der Waals surface area (Å²) in [6.45, 7) is 4.83. The second-order valence-electron chi connectivity index (χ2n) is 7.11. The number of hydrogen-bond acceptors (Lipinski definition) is 5. The third kappa shape index (κ3) is 2.75. The van der Waals surface area contributed by atoms with Crippen molar-refractivity contribution in [2.75, 3.05) is 33.0 Å². The molecular weight excluding hydrogens is 310 g/mol. The molecule has 3 fully saturated rings. The number of carbonyl (C=O) groups excluding carboxylic acids is 2. The van der Waals surface area contributed by atoms with E-state index in [1.165, 1.54) is 6.92 Å². The first-order valence-electron chi connectivity index (χ1n) is 8.50. The maximum Gasteiger partial charge on any atom is 0.303 e. The lowest BCUT2D eigenvalue weighted by molar-refractivity contribution is -0.938. The Labute approximate surface area is 140 Å². The van der Waals surface area contributed by atoms with Crippen molar-refractivity contribution < 1.29 is 28.3 Å². The van der Waals surface area contributed by atoms with Crippen molar-refractivity contribution in [2.45, 2.75) is 25.9 Å². The van der Waals surface area contributed by atoms with Gasteiger partial charge in [-0.2, -0.15) is 0 Å². The Balaban J connectivity index is 1.49. The van der Waals surface area contributed by atoms with Gasteiger partial charge in [-0.15, -0.1) is 0 Å². The minimum atomic E-state index is -0.228. The second kappa shape index (κ2) is 5.77. The van der Waals surface area contributed by atoms with Crippen LogP contribution in [0.25, 0.3) is 0 Å². The van der Waals surface area contributed by atoms with E-state index in [-0.39, 0.29) is 24.6 Å². The summed E-state index contributed by atoms with van der Waals surface area (Å²) in [4.78, 5) is 24.1. The number of piperidine rings is 3. The highest BCUT2D eigenvalue weighted by Crippen LogP contribution is 2.37. The molecule has 6 heteroatoms. The van der Waals surface area contributed by atoms with Crippen LogP contribution in [0.3, 0.4) is 0 Å². The van der Waals surface area contributed by atoms with Crippen LogP contribution in [0, 0.1) is 5.92 Å². The van der Waals surface area contributed by atoms with Crippen LogP contribution in [-0.4, -0.2) is 55.3 Å². The van der Waals surface area contributed by atoms with Gasteiger partial charge < -0.3 is 18.7 Å². The van der Waals surface area contributed by atoms with E-state index < -0.39 is 0 Å². The molecule has 0 N–H and O–H groups in total. The van der Waals surface area contributed by atoms with Crippen LogP contribution < -0.4 is 9.47 Å². The number of esters is 1. The van der Waals surface area contributed by atoms with Crippen LogP contribution in [0.4, 0.5) is 0 Å². The molecule has 0 radical (unpaired) electrons. The number of benzene rings is 1. The first-order valence-corrected chi connectivity index (χ1v) is 8.50. The number of carbonyl (C=O) groups is 2. The zero-order valence-corrected chi connectivity index (χ0v) is 13.8. The van der Waals surface area contributed by atoms with Crippen molar-refractivity contribution in [1.82, 2.24) is 0 Å². The van der Waals surface area contributed by atoms with Crippen LogP contribution in [0.2, 0.25) is 0 Å². The molecule has 24 heavy (non-hydrogen) atoms. The lowest BCUT2D eigenvalue weighted by Gasteiger charge is -2.51. The number of Topliss-reactive ketones (excluding diaryl/α,β-unsaturated/α-hetero) is 1. The molecule has 4 aliphatic rings. The summed E-state index contributed by atoms with van der Waals surface area (Å²) in [6, 6.07) is 5.36. The lowest BCUT2D eigenvalue weighted by atomic mass is 9.83. The zero-order valence-electron chi connectivity index (χ0n) is 13.8. The van der Waals surface area contributed by atoms with Gasteiger partial charge >= 0.3 is 5.97 Å². The third-order valence-electron chi connectivity index (χ3n) is 5.53. The molecule has 3 saturated heterocycles. The standard InChI is InChI=1S/C18H22NO5/c1-12(20)24-18-10-19(6-4-13(18)5-7-19)9-15(21)14-2-3-16-17(8-14)23-11-22-16/h2-3,8,13,18H,4-7,9-11H2,1H3/q+1/t13?,18-,19?/m0/s1. The number of ketones is 1. The number of nitrogens with zero attached hydrogens (tertiary/aromatic N) is 1. The van der Waals surface area contributed by atoms with Crippen LogP contribution >= 0.6 is 0 Å². The predicted molar refractivity (Wildman–Crippen MR) is 84.9 cm³/mol. The van der Waals surface area contributed by atoms with E-state index in [1.54, 1.807) is 18.2 Å². The molecule has 6 nitrogen and oxygen atoms in total. The molecule has 4 aliphatic heterocycles. The van der Waals surface area contributed by atoms with Gasteiger partial charge in [0.15, 0.2) is 17.6 Å². The SMILES string of the molecule is CC(=O)O[C@H]1C[N+]2(CC(=O)c3ccc4c(c3)OCO4)CCC1CC2. The van der Waals surface area contributed by atoms with Gasteiger partial charge in [0.25, 0.3) is 0 Å². The average molecular weight is 332 g/mol. The summed E-state index contributed by atoms with van der Waals surface area (Å²) in [5, 5.41) is 0. The van der Waals surface area contributed by atoms with Gasteiger partial charge in [-0.1, -0.05) is 0 Å². The fraction of sp³-hybridized carbons (Fsp3) is 0.556. The molecular formula is C18H22NO5+. The number of hydrogen-bond donors (Lipinski definition) is 0. The highest BCUT2D eigenvalue weighted by molar-refractivity contribution is 5.97. The topological polar surface area (TPSA) is 61.8 Å². The van der Waals surface area contributed by atoms with Gasteiger partial charge in [-0.05, 0) is 18.2 Å². The first-order chi connectivity index (χ1) is 11.5.